The van der Waals surface area contributed by atoms with Gasteiger partial charge in [-0.25, -0.2) is 12.7 Å². The first kappa shape index (κ1) is 16.2. The van der Waals surface area contributed by atoms with Crippen LogP contribution in [0.5, 0.6) is 0 Å². The van der Waals surface area contributed by atoms with Crippen LogP contribution in [0, 0.1) is 11.3 Å². The van der Waals surface area contributed by atoms with Crippen molar-refractivity contribution in [2.24, 2.45) is 17.1 Å². The number of nitrogens with two attached hydrogens (primary N) is 1. The third kappa shape index (κ3) is 4.18. The van der Waals surface area contributed by atoms with E-state index in [1.165, 1.54) is 19.3 Å². The quantitative estimate of drug-likeness (QED) is 0.867. The molecule has 5 heteroatoms. The van der Waals surface area contributed by atoms with Crippen LogP contribution in [0.1, 0.15) is 58.8 Å². The van der Waals surface area contributed by atoms with Gasteiger partial charge < -0.3 is 5.73 Å². The van der Waals surface area contributed by atoms with Gasteiger partial charge in [-0.2, -0.15) is 0 Å². The van der Waals surface area contributed by atoms with Crippen LogP contribution in [0.2, 0.25) is 0 Å². The highest BCUT2D eigenvalue weighted by molar-refractivity contribution is 7.89. The summed E-state index contributed by atoms with van der Waals surface area (Å²) in [6.45, 7) is 5.74. The van der Waals surface area contributed by atoms with Crippen LogP contribution in [-0.2, 0) is 10.0 Å². The van der Waals surface area contributed by atoms with Crippen LogP contribution >= 0.6 is 0 Å². The van der Waals surface area contributed by atoms with Crippen molar-refractivity contribution in [3.63, 3.8) is 0 Å². The zero-order chi connectivity index (χ0) is 14.8. The average Bonchev–Trinajstić information content (AvgIpc) is 2.38. The van der Waals surface area contributed by atoms with E-state index in [9.17, 15) is 8.42 Å². The smallest absolute Gasteiger partial charge is 0.215 e. The fourth-order valence-electron chi connectivity index (χ4n) is 3.42. The van der Waals surface area contributed by atoms with Crippen LogP contribution in [0.15, 0.2) is 0 Å². The minimum atomic E-state index is -3.17. The Kier molecular flexibility index (Phi) is 5.14. The minimum Gasteiger partial charge on any atom is -0.326 e. The van der Waals surface area contributed by atoms with Crippen molar-refractivity contribution in [3.05, 3.63) is 0 Å². The van der Waals surface area contributed by atoms with Crippen molar-refractivity contribution in [1.82, 2.24) is 4.31 Å². The van der Waals surface area contributed by atoms with E-state index in [0.717, 1.165) is 25.7 Å². The van der Waals surface area contributed by atoms with Crippen LogP contribution < -0.4 is 5.73 Å². The summed E-state index contributed by atoms with van der Waals surface area (Å²) in [5, 5.41) is 0. The van der Waals surface area contributed by atoms with Gasteiger partial charge in [-0.1, -0.05) is 33.1 Å². The topological polar surface area (TPSA) is 63.4 Å². The van der Waals surface area contributed by atoms with Gasteiger partial charge in [0.05, 0.1) is 5.75 Å². The summed E-state index contributed by atoms with van der Waals surface area (Å²) >= 11 is 0. The zero-order valence-electron chi connectivity index (χ0n) is 13.0. The first-order valence-corrected chi connectivity index (χ1v) is 9.64. The van der Waals surface area contributed by atoms with Crippen LogP contribution in [0.3, 0.4) is 0 Å². The van der Waals surface area contributed by atoms with Crippen LogP contribution in [0.25, 0.3) is 0 Å². The lowest BCUT2D eigenvalue weighted by atomic mass is 9.83. The van der Waals surface area contributed by atoms with E-state index < -0.39 is 10.0 Å². The van der Waals surface area contributed by atoms with E-state index in [4.69, 9.17) is 5.73 Å². The third-order valence-corrected chi connectivity index (χ3v) is 7.09. The maximum absolute atomic E-state index is 12.5. The molecule has 0 amide bonds. The molecule has 2 rings (SSSR count). The first-order valence-electron chi connectivity index (χ1n) is 8.04. The van der Waals surface area contributed by atoms with Crippen molar-refractivity contribution in [3.8, 4) is 0 Å². The standard InChI is InChI=1S/C15H30N2O2S/c1-15(2)8-10-17(11-9-15)20(18,19)12-14(16)13-6-4-3-5-7-13/h13-14H,3-12,16H2,1-2H3. The lowest BCUT2D eigenvalue weighted by Crippen LogP contribution is -2.47. The molecule has 0 radical (unpaired) electrons. The number of nitrogens with zero attached hydrogens (tertiary/aromatic N) is 1. The van der Waals surface area contributed by atoms with Gasteiger partial charge in [0.1, 0.15) is 0 Å². The molecule has 1 saturated heterocycles. The molecule has 2 aliphatic rings. The van der Waals surface area contributed by atoms with E-state index in [1.54, 1.807) is 4.31 Å². The van der Waals surface area contributed by atoms with E-state index in [2.05, 4.69) is 13.8 Å². The lowest BCUT2D eigenvalue weighted by Gasteiger charge is -2.37. The maximum atomic E-state index is 12.5. The summed E-state index contributed by atoms with van der Waals surface area (Å²) in [5.41, 5.74) is 6.46. The summed E-state index contributed by atoms with van der Waals surface area (Å²) in [5.74, 6) is 0.540. The molecule has 1 aliphatic heterocycles. The Morgan fingerprint density at radius 1 is 1.15 bits per heavy atom. The predicted octanol–water partition coefficient (Wildman–Crippen LogP) is 2.35. The summed E-state index contributed by atoms with van der Waals surface area (Å²) in [4.78, 5) is 0. The third-order valence-electron chi connectivity index (χ3n) is 5.13. The first-order chi connectivity index (χ1) is 9.30. The molecule has 1 aliphatic carbocycles. The van der Waals surface area contributed by atoms with Gasteiger partial charge in [0.2, 0.25) is 10.0 Å². The van der Waals surface area contributed by atoms with Gasteiger partial charge in [-0.3, -0.25) is 0 Å². The summed E-state index contributed by atoms with van der Waals surface area (Å²) < 4.78 is 26.7. The zero-order valence-corrected chi connectivity index (χ0v) is 13.8. The summed E-state index contributed by atoms with van der Waals surface area (Å²) in [6, 6.07) is -0.185. The van der Waals surface area contributed by atoms with E-state index in [1.807, 2.05) is 0 Å². The van der Waals surface area contributed by atoms with Gasteiger partial charge in [0, 0.05) is 19.1 Å². The molecule has 118 valence electrons. The van der Waals surface area contributed by atoms with E-state index in [0.29, 0.717) is 19.0 Å². The molecule has 20 heavy (non-hydrogen) atoms. The Labute approximate surface area is 124 Å². The molecule has 1 atom stereocenters. The fourth-order valence-corrected chi connectivity index (χ4v) is 5.13. The second-order valence-electron chi connectivity index (χ2n) is 7.40. The van der Waals surface area contributed by atoms with Gasteiger partial charge in [0.15, 0.2) is 0 Å². The van der Waals surface area contributed by atoms with Crippen molar-refractivity contribution >= 4 is 10.0 Å². The molecule has 0 aromatic heterocycles. The highest BCUT2D eigenvalue weighted by Gasteiger charge is 2.34. The molecular weight excluding hydrogens is 272 g/mol. The summed E-state index contributed by atoms with van der Waals surface area (Å²) in [7, 11) is -3.17. The largest absolute Gasteiger partial charge is 0.326 e. The molecule has 0 spiro atoms. The molecule has 2 N–H and O–H groups in total. The highest BCUT2D eigenvalue weighted by Crippen LogP contribution is 2.32. The molecule has 0 aromatic rings. The van der Waals surface area contributed by atoms with Crippen LogP contribution in [-0.4, -0.2) is 37.6 Å². The molecule has 1 heterocycles. The van der Waals surface area contributed by atoms with Crippen molar-refractivity contribution in [2.75, 3.05) is 18.8 Å². The number of hydrogen-bond acceptors (Lipinski definition) is 3. The normalized spacial score (nSPS) is 27.4. The number of piperidine rings is 1. The Balaban J connectivity index is 1.90. The second kappa shape index (κ2) is 6.32. The van der Waals surface area contributed by atoms with Crippen LogP contribution in [0.4, 0.5) is 0 Å². The van der Waals surface area contributed by atoms with Crippen molar-refractivity contribution < 1.29 is 8.42 Å². The van der Waals surface area contributed by atoms with Crippen molar-refractivity contribution in [2.45, 2.75) is 64.8 Å². The second-order valence-corrected chi connectivity index (χ2v) is 9.42. The van der Waals surface area contributed by atoms with Gasteiger partial charge >= 0.3 is 0 Å². The molecular formula is C15H30N2O2S. The lowest BCUT2D eigenvalue weighted by molar-refractivity contribution is 0.195. The maximum Gasteiger partial charge on any atom is 0.215 e. The highest BCUT2D eigenvalue weighted by atomic mass is 32.2. The Morgan fingerprint density at radius 2 is 1.70 bits per heavy atom. The number of hydrogen-bond donors (Lipinski definition) is 1. The van der Waals surface area contributed by atoms with Gasteiger partial charge in [-0.05, 0) is 37.0 Å². The number of rotatable bonds is 4. The van der Waals surface area contributed by atoms with E-state index >= 15 is 0 Å². The Bertz CT molecular complexity index is 404. The summed E-state index contributed by atoms with van der Waals surface area (Å²) in [6.07, 6.45) is 7.78. The molecule has 4 nitrogen and oxygen atoms in total. The van der Waals surface area contributed by atoms with Gasteiger partial charge in [-0.15, -0.1) is 0 Å². The molecule has 1 unspecified atom stereocenters. The number of sulfonamides is 1. The Morgan fingerprint density at radius 3 is 2.25 bits per heavy atom. The predicted molar refractivity (Wildman–Crippen MR) is 82.9 cm³/mol. The van der Waals surface area contributed by atoms with Gasteiger partial charge in [0.25, 0.3) is 0 Å². The molecule has 0 bridgehead atoms. The monoisotopic (exact) mass is 302 g/mol. The molecule has 2 fully saturated rings. The molecule has 0 aromatic carbocycles. The SMILES string of the molecule is CC1(C)CCN(S(=O)(=O)CC(N)C2CCCCC2)CC1. The fraction of sp³-hybridized carbons (Fsp3) is 1.00. The van der Waals surface area contributed by atoms with Crippen molar-refractivity contribution in [1.29, 1.82) is 0 Å². The minimum absolute atomic E-state index is 0.137. The average molecular weight is 302 g/mol. The Hall–Kier alpha value is -0.130. The van der Waals surface area contributed by atoms with E-state index in [-0.39, 0.29) is 17.2 Å². The molecule has 1 saturated carbocycles.